The van der Waals surface area contributed by atoms with Crippen LogP contribution >= 0.6 is 11.3 Å². The number of aliphatic hydroxyl groups excluding tert-OH is 2. The molecule has 2 heterocycles. The first-order valence-electron chi connectivity index (χ1n) is 7.25. The number of nitrogens with one attached hydrogen (secondary N) is 2. The minimum atomic E-state index is -0.800. The average Bonchev–Trinajstić information content (AvgIpc) is 2.93. The van der Waals surface area contributed by atoms with E-state index in [1.54, 1.807) is 11.3 Å². The van der Waals surface area contributed by atoms with Gasteiger partial charge in [0, 0.05) is 18.0 Å². The van der Waals surface area contributed by atoms with Crippen LogP contribution in [0.4, 0.5) is 11.8 Å². The van der Waals surface area contributed by atoms with E-state index < -0.39 is 6.10 Å². The van der Waals surface area contributed by atoms with Crippen molar-refractivity contribution in [3.8, 4) is 0 Å². The molecule has 6 nitrogen and oxygen atoms in total. The van der Waals surface area contributed by atoms with Crippen molar-refractivity contribution in [1.29, 1.82) is 0 Å². The molecular formula is C14H22N4O2S. The zero-order chi connectivity index (χ0) is 15.2. The van der Waals surface area contributed by atoms with Crippen molar-refractivity contribution in [2.24, 2.45) is 0 Å². The van der Waals surface area contributed by atoms with E-state index in [1.807, 2.05) is 0 Å². The third-order valence-electron chi connectivity index (χ3n) is 3.04. The number of rotatable bonds is 8. The van der Waals surface area contributed by atoms with Crippen LogP contribution in [0.5, 0.6) is 0 Å². The number of aromatic nitrogens is 2. The summed E-state index contributed by atoms with van der Waals surface area (Å²) in [5, 5.41) is 25.6. The van der Waals surface area contributed by atoms with Gasteiger partial charge in [0.2, 0.25) is 5.95 Å². The lowest BCUT2D eigenvalue weighted by molar-refractivity contribution is 0.105. The van der Waals surface area contributed by atoms with Crippen LogP contribution in [0, 0.1) is 0 Å². The van der Waals surface area contributed by atoms with Gasteiger partial charge in [-0.3, -0.25) is 0 Å². The number of hydrogen-bond donors (Lipinski definition) is 4. The molecule has 21 heavy (non-hydrogen) atoms. The number of aliphatic hydroxyl groups is 2. The van der Waals surface area contributed by atoms with Crippen molar-refractivity contribution >= 4 is 33.3 Å². The summed E-state index contributed by atoms with van der Waals surface area (Å²) in [6, 6.07) is 2.08. The standard InChI is InChI=1S/C14H22N4O2S/c1-3-5-15-14-17-12(16-7-9(20)8-19)11-6-10(4-2)21-13(11)18-14/h6,9,19-20H,3-5,7-8H2,1-2H3,(H2,15,16,17,18). The second-order valence-electron chi connectivity index (χ2n) is 4.82. The smallest absolute Gasteiger partial charge is 0.226 e. The molecule has 7 heteroatoms. The Morgan fingerprint density at radius 3 is 2.76 bits per heavy atom. The zero-order valence-corrected chi connectivity index (χ0v) is 13.2. The summed E-state index contributed by atoms with van der Waals surface area (Å²) >= 11 is 1.66. The first-order chi connectivity index (χ1) is 10.2. The monoisotopic (exact) mass is 310 g/mol. The molecule has 1 unspecified atom stereocenters. The van der Waals surface area contributed by atoms with E-state index in [9.17, 15) is 5.11 Å². The first kappa shape index (κ1) is 15.9. The van der Waals surface area contributed by atoms with E-state index >= 15 is 0 Å². The molecule has 2 aromatic rings. The van der Waals surface area contributed by atoms with E-state index in [4.69, 9.17) is 5.11 Å². The van der Waals surface area contributed by atoms with Gasteiger partial charge in [-0.05, 0) is 18.9 Å². The predicted molar refractivity (Wildman–Crippen MR) is 87.2 cm³/mol. The summed E-state index contributed by atoms with van der Waals surface area (Å²) in [5.41, 5.74) is 0. The highest BCUT2D eigenvalue weighted by atomic mass is 32.1. The third-order valence-corrected chi connectivity index (χ3v) is 4.21. The lowest BCUT2D eigenvalue weighted by atomic mass is 10.3. The number of thiophene rings is 1. The fourth-order valence-electron chi connectivity index (χ4n) is 1.88. The number of anilines is 2. The third kappa shape index (κ3) is 4.03. The summed E-state index contributed by atoms with van der Waals surface area (Å²) < 4.78 is 0. The summed E-state index contributed by atoms with van der Waals surface area (Å²) in [7, 11) is 0. The van der Waals surface area contributed by atoms with Gasteiger partial charge in [-0.1, -0.05) is 13.8 Å². The van der Waals surface area contributed by atoms with Gasteiger partial charge < -0.3 is 20.8 Å². The van der Waals surface area contributed by atoms with Crippen molar-refractivity contribution < 1.29 is 10.2 Å². The molecule has 0 spiro atoms. The fourth-order valence-corrected chi connectivity index (χ4v) is 2.84. The van der Waals surface area contributed by atoms with E-state index in [2.05, 4.69) is 40.5 Å². The maximum Gasteiger partial charge on any atom is 0.226 e. The first-order valence-corrected chi connectivity index (χ1v) is 8.06. The molecule has 2 rings (SSSR count). The highest BCUT2D eigenvalue weighted by Gasteiger charge is 2.12. The molecule has 0 fully saturated rings. The molecule has 116 valence electrons. The molecule has 0 aromatic carbocycles. The number of aryl methyl sites for hydroxylation is 1. The second-order valence-corrected chi connectivity index (χ2v) is 5.94. The van der Waals surface area contributed by atoms with Gasteiger partial charge in [0.15, 0.2) is 0 Å². The van der Waals surface area contributed by atoms with Gasteiger partial charge in [0.05, 0.1) is 18.1 Å². The molecule has 0 aliphatic carbocycles. The zero-order valence-electron chi connectivity index (χ0n) is 12.4. The van der Waals surface area contributed by atoms with Crippen LogP contribution in [0.3, 0.4) is 0 Å². The van der Waals surface area contributed by atoms with Crippen LogP contribution in [0.2, 0.25) is 0 Å². The summed E-state index contributed by atoms with van der Waals surface area (Å²) in [6.45, 7) is 5.00. The SMILES string of the molecule is CCCNc1nc(NCC(O)CO)c2cc(CC)sc2n1. The Hall–Kier alpha value is -1.44. The molecule has 0 radical (unpaired) electrons. The Morgan fingerprint density at radius 2 is 2.10 bits per heavy atom. The van der Waals surface area contributed by atoms with E-state index in [-0.39, 0.29) is 13.2 Å². The van der Waals surface area contributed by atoms with Crippen LogP contribution < -0.4 is 10.6 Å². The van der Waals surface area contributed by atoms with Crippen molar-refractivity contribution in [1.82, 2.24) is 9.97 Å². The van der Waals surface area contributed by atoms with E-state index in [1.165, 1.54) is 4.88 Å². The normalized spacial score (nSPS) is 12.6. The Morgan fingerprint density at radius 1 is 1.29 bits per heavy atom. The quantitative estimate of drug-likeness (QED) is 0.595. The minimum absolute atomic E-state index is 0.257. The molecule has 0 saturated carbocycles. The van der Waals surface area contributed by atoms with E-state index in [0.29, 0.717) is 11.8 Å². The second kappa shape index (κ2) is 7.53. The summed E-state index contributed by atoms with van der Waals surface area (Å²) in [4.78, 5) is 11.2. The highest BCUT2D eigenvalue weighted by Crippen LogP contribution is 2.30. The molecule has 0 saturated heterocycles. The molecule has 0 aliphatic rings. The topological polar surface area (TPSA) is 90.3 Å². The maximum atomic E-state index is 9.48. The Kier molecular flexibility index (Phi) is 5.72. The van der Waals surface area contributed by atoms with Crippen LogP contribution in [-0.4, -0.2) is 46.0 Å². The van der Waals surface area contributed by atoms with Gasteiger partial charge in [0.1, 0.15) is 10.6 Å². The number of nitrogens with zero attached hydrogens (tertiary/aromatic N) is 2. The van der Waals surface area contributed by atoms with Crippen LogP contribution in [0.25, 0.3) is 10.2 Å². The van der Waals surface area contributed by atoms with Gasteiger partial charge >= 0.3 is 0 Å². The number of fused-ring (bicyclic) bond motifs is 1. The fraction of sp³-hybridized carbons (Fsp3) is 0.571. The number of hydrogen-bond acceptors (Lipinski definition) is 7. The highest BCUT2D eigenvalue weighted by molar-refractivity contribution is 7.18. The van der Waals surface area contributed by atoms with Crippen LogP contribution in [0.15, 0.2) is 6.07 Å². The van der Waals surface area contributed by atoms with Gasteiger partial charge in [-0.15, -0.1) is 11.3 Å². The minimum Gasteiger partial charge on any atom is -0.394 e. The molecule has 0 bridgehead atoms. The predicted octanol–water partition coefficient (Wildman–Crippen LogP) is 1.84. The molecule has 2 aromatic heterocycles. The molecule has 0 aliphatic heterocycles. The van der Waals surface area contributed by atoms with Crippen molar-refractivity contribution in [3.63, 3.8) is 0 Å². The van der Waals surface area contributed by atoms with Crippen molar-refractivity contribution in [2.75, 3.05) is 30.3 Å². The summed E-state index contributed by atoms with van der Waals surface area (Å²) in [6.07, 6.45) is 1.15. The maximum absolute atomic E-state index is 9.48. The largest absolute Gasteiger partial charge is 0.394 e. The Bertz CT molecular complexity index is 588. The summed E-state index contributed by atoms with van der Waals surface area (Å²) in [5.74, 6) is 1.29. The molecule has 4 N–H and O–H groups in total. The lowest BCUT2D eigenvalue weighted by Crippen LogP contribution is -2.23. The van der Waals surface area contributed by atoms with Crippen LogP contribution in [0.1, 0.15) is 25.1 Å². The van der Waals surface area contributed by atoms with Crippen molar-refractivity contribution in [3.05, 3.63) is 10.9 Å². The molecular weight excluding hydrogens is 288 g/mol. The lowest BCUT2D eigenvalue weighted by Gasteiger charge is -2.12. The van der Waals surface area contributed by atoms with E-state index in [0.717, 1.165) is 29.6 Å². The van der Waals surface area contributed by atoms with Gasteiger partial charge in [-0.25, -0.2) is 4.98 Å². The van der Waals surface area contributed by atoms with Crippen molar-refractivity contribution in [2.45, 2.75) is 32.8 Å². The average molecular weight is 310 g/mol. The van der Waals surface area contributed by atoms with Crippen LogP contribution in [-0.2, 0) is 6.42 Å². The Balaban J connectivity index is 2.31. The molecule has 1 atom stereocenters. The Labute approximate surface area is 128 Å². The van der Waals surface area contributed by atoms with Gasteiger partial charge in [-0.2, -0.15) is 4.98 Å². The molecule has 0 amide bonds. The van der Waals surface area contributed by atoms with Gasteiger partial charge in [0.25, 0.3) is 0 Å².